The Morgan fingerprint density at radius 3 is 2.48 bits per heavy atom. The number of aryl methyl sites for hydroxylation is 1. The van der Waals surface area contributed by atoms with E-state index in [1.54, 1.807) is 44.7 Å². The second kappa shape index (κ2) is 10.5. The third-order valence-electron chi connectivity index (χ3n) is 5.01. The maximum atomic E-state index is 12.7. The molecule has 2 rings (SSSR count). The maximum Gasteiger partial charge on any atom is 0.408 e. The summed E-state index contributed by atoms with van der Waals surface area (Å²) in [6, 6.07) is 5.82. The predicted octanol–water partition coefficient (Wildman–Crippen LogP) is 3.24. The van der Waals surface area contributed by atoms with Crippen LogP contribution in [0.15, 0.2) is 29.2 Å². The smallest absolute Gasteiger partial charge is 0.408 e. The molecule has 0 aromatic heterocycles. The molecule has 0 bridgehead atoms. The van der Waals surface area contributed by atoms with Gasteiger partial charge >= 0.3 is 6.09 Å². The molecule has 174 valence electrons. The monoisotopic (exact) mass is 454 g/mol. The quantitative estimate of drug-likeness (QED) is 0.635. The number of carbonyl (C=O) groups excluding carboxylic acids is 2. The molecule has 0 saturated carbocycles. The van der Waals surface area contributed by atoms with Crippen molar-refractivity contribution in [1.29, 1.82) is 0 Å². The predicted molar refractivity (Wildman–Crippen MR) is 117 cm³/mol. The van der Waals surface area contributed by atoms with E-state index in [1.807, 2.05) is 6.92 Å². The van der Waals surface area contributed by atoms with Gasteiger partial charge in [0.05, 0.1) is 11.5 Å². The summed E-state index contributed by atoms with van der Waals surface area (Å²) in [7, 11) is -3.79. The van der Waals surface area contributed by atoms with Crippen molar-refractivity contribution in [3.63, 3.8) is 0 Å². The number of alkyl carbamates (subject to hydrolysis) is 1. The first-order valence-electron chi connectivity index (χ1n) is 10.6. The van der Waals surface area contributed by atoms with Gasteiger partial charge in [-0.15, -0.1) is 0 Å². The summed E-state index contributed by atoms with van der Waals surface area (Å²) in [4.78, 5) is 26.5. The van der Waals surface area contributed by atoms with Crippen LogP contribution in [0.25, 0.3) is 0 Å². The highest BCUT2D eigenvalue weighted by Gasteiger charge is 2.29. The Bertz CT molecular complexity index is 861. The summed E-state index contributed by atoms with van der Waals surface area (Å²) in [6.45, 7) is 9.98. The normalized spacial score (nSPS) is 18.4. The van der Waals surface area contributed by atoms with Crippen LogP contribution in [-0.2, 0) is 23.8 Å². The number of likely N-dealkylation sites (tertiary alicyclic amines) is 1. The molecule has 1 aromatic carbocycles. The highest BCUT2D eigenvalue weighted by Crippen LogP contribution is 2.22. The summed E-state index contributed by atoms with van der Waals surface area (Å²) >= 11 is 0. The molecule has 31 heavy (non-hydrogen) atoms. The maximum absolute atomic E-state index is 12.7. The summed E-state index contributed by atoms with van der Waals surface area (Å²) in [5.74, 6) is -0.0385. The highest BCUT2D eigenvalue weighted by atomic mass is 32.2. The SMILES string of the molecule is Cc1ccc(S(=O)(=O)OCC[C@H]2CCCN(C(=O)[C@@H](C)NC(=O)OC(C)(C)C)C2)cc1. The van der Waals surface area contributed by atoms with Gasteiger partial charge in [0.1, 0.15) is 11.6 Å². The minimum Gasteiger partial charge on any atom is -0.444 e. The van der Waals surface area contributed by atoms with Crippen LogP contribution in [0.1, 0.15) is 52.5 Å². The lowest BCUT2D eigenvalue weighted by Gasteiger charge is -2.34. The molecular formula is C22H34N2O6S. The van der Waals surface area contributed by atoms with Crippen molar-refractivity contribution in [1.82, 2.24) is 10.2 Å². The lowest BCUT2D eigenvalue weighted by molar-refractivity contribution is -0.135. The standard InChI is InChI=1S/C22H34N2O6S/c1-16-8-10-19(11-9-16)31(27,28)29-14-12-18-7-6-13-24(15-18)20(25)17(2)23-21(26)30-22(3,4)5/h8-11,17-18H,6-7,12-15H2,1-5H3,(H,23,26)/t17-,18-/m1/s1. The number of ether oxygens (including phenoxy) is 1. The van der Waals surface area contributed by atoms with E-state index in [-0.39, 0.29) is 23.3 Å². The van der Waals surface area contributed by atoms with Gasteiger partial charge in [-0.2, -0.15) is 8.42 Å². The topological polar surface area (TPSA) is 102 Å². The highest BCUT2D eigenvalue weighted by molar-refractivity contribution is 7.86. The van der Waals surface area contributed by atoms with E-state index >= 15 is 0 Å². The van der Waals surface area contributed by atoms with Crippen LogP contribution >= 0.6 is 0 Å². The number of nitrogens with one attached hydrogen (secondary N) is 1. The van der Waals surface area contributed by atoms with Crippen LogP contribution in [0.5, 0.6) is 0 Å². The van der Waals surface area contributed by atoms with Gasteiger partial charge in [0.15, 0.2) is 0 Å². The summed E-state index contributed by atoms with van der Waals surface area (Å²) in [6.07, 6.45) is 1.62. The summed E-state index contributed by atoms with van der Waals surface area (Å²) in [5.41, 5.74) is 0.337. The van der Waals surface area contributed by atoms with E-state index in [2.05, 4.69) is 5.32 Å². The van der Waals surface area contributed by atoms with Gasteiger partial charge < -0.3 is 15.0 Å². The van der Waals surface area contributed by atoms with Crippen LogP contribution < -0.4 is 5.32 Å². The van der Waals surface area contributed by atoms with Gasteiger partial charge in [-0.05, 0) is 71.9 Å². The Kier molecular flexibility index (Phi) is 8.48. The van der Waals surface area contributed by atoms with Gasteiger partial charge in [-0.3, -0.25) is 8.98 Å². The fraction of sp³-hybridized carbons (Fsp3) is 0.636. The summed E-state index contributed by atoms with van der Waals surface area (Å²) < 4.78 is 35.0. The summed E-state index contributed by atoms with van der Waals surface area (Å²) in [5, 5.41) is 2.58. The van der Waals surface area contributed by atoms with Crippen molar-refractivity contribution < 1.29 is 26.9 Å². The van der Waals surface area contributed by atoms with E-state index in [9.17, 15) is 18.0 Å². The molecule has 9 heteroatoms. The van der Waals surface area contributed by atoms with E-state index in [1.165, 1.54) is 12.1 Å². The van der Waals surface area contributed by atoms with Gasteiger partial charge in [0.2, 0.25) is 5.91 Å². The van der Waals surface area contributed by atoms with E-state index in [4.69, 9.17) is 8.92 Å². The van der Waals surface area contributed by atoms with E-state index in [0.717, 1.165) is 18.4 Å². The third-order valence-corrected chi connectivity index (χ3v) is 6.34. The molecule has 1 fully saturated rings. The van der Waals surface area contributed by atoms with Crippen LogP contribution in [0.3, 0.4) is 0 Å². The Morgan fingerprint density at radius 2 is 1.87 bits per heavy atom. The lowest BCUT2D eigenvalue weighted by Crippen LogP contribution is -2.50. The molecule has 1 saturated heterocycles. The van der Waals surface area contributed by atoms with Crippen molar-refractivity contribution in [2.24, 2.45) is 5.92 Å². The molecular weight excluding hydrogens is 420 g/mol. The lowest BCUT2D eigenvalue weighted by atomic mass is 9.95. The third kappa shape index (κ3) is 8.14. The van der Waals surface area contributed by atoms with Crippen LogP contribution in [0.4, 0.5) is 4.79 Å². The number of hydrogen-bond donors (Lipinski definition) is 1. The Balaban J connectivity index is 1.83. The van der Waals surface area contributed by atoms with Gasteiger partial charge in [-0.25, -0.2) is 4.79 Å². The fourth-order valence-electron chi connectivity index (χ4n) is 3.42. The van der Waals surface area contributed by atoms with Crippen molar-refractivity contribution in [2.75, 3.05) is 19.7 Å². The zero-order valence-corrected chi connectivity index (χ0v) is 19.8. The number of carbonyl (C=O) groups is 2. The number of rotatable bonds is 7. The zero-order chi connectivity index (χ0) is 23.2. The first-order chi connectivity index (χ1) is 14.4. The molecule has 0 unspecified atom stereocenters. The van der Waals surface area contributed by atoms with Crippen LogP contribution in [0, 0.1) is 12.8 Å². The second-order valence-corrected chi connectivity index (χ2v) is 10.7. The molecule has 1 heterocycles. The number of benzene rings is 1. The van der Waals surface area contributed by atoms with Gasteiger partial charge in [0.25, 0.3) is 10.1 Å². The Hall–Kier alpha value is -2.13. The molecule has 2 amide bonds. The van der Waals surface area contributed by atoms with Crippen LogP contribution in [0.2, 0.25) is 0 Å². The molecule has 1 N–H and O–H groups in total. The first-order valence-corrected chi connectivity index (χ1v) is 12.0. The van der Waals surface area contributed by atoms with Crippen molar-refractivity contribution in [3.05, 3.63) is 29.8 Å². The first kappa shape index (κ1) is 25.1. The molecule has 0 aliphatic carbocycles. The molecule has 2 atom stereocenters. The molecule has 8 nitrogen and oxygen atoms in total. The van der Waals surface area contributed by atoms with Gasteiger partial charge in [0, 0.05) is 13.1 Å². The fourth-order valence-corrected chi connectivity index (χ4v) is 4.34. The van der Waals surface area contributed by atoms with Crippen molar-refractivity contribution in [2.45, 2.75) is 70.4 Å². The Morgan fingerprint density at radius 1 is 1.23 bits per heavy atom. The largest absolute Gasteiger partial charge is 0.444 e. The average molecular weight is 455 g/mol. The van der Waals surface area contributed by atoms with E-state index < -0.39 is 27.9 Å². The number of nitrogens with zero attached hydrogens (tertiary/aromatic N) is 1. The van der Waals surface area contributed by atoms with Crippen molar-refractivity contribution >= 4 is 22.1 Å². The number of piperidine rings is 1. The molecule has 1 aliphatic heterocycles. The average Bonchev–Trinajstić information content (AvgIpc) is 2.66. The van der Waals surface area contributed by atoms with Crippen LogP contribution in [-0.4, -0.2) is 56.7 Å². The minimum atomic E-state index is -3.79. The number of amides is 2. The minimum absolute atomic E-state index is 0.0641. The molecule has 1 aliphatic rings. The molecule has 0 spiro atoms. The van der Waals surface area contributed by atoms with E-state index in [0.29, 0.717) is 19.5 Å². The zero-order valence-electron chi connectivity index (χ0n) is 19.0. The molecule has 1 aromatic rings. The van der Waals surface area contributed by atoms with Gasteiger partial charge in [-0.1, -0.05) is 17.7 Å². The second-order valence-electron chi connectivity index (χ2n) is 9.04. The Labute approximate surface area is 185 Å². The number of hydrogen-bond acceptors (Lipinski definition) is 6. The molecule has 0 radical (unpaired) electrons. The van der Waals surface area contributed by atoms with Crippen molar-refractivity contribution in [3.8, 4) is 0 Å².